The van der Waals surface area contributed by atoms with Gasteiger partial charge in [0, 0.05) is 32.0 Å². The van der Waals surface area contributed by atoms with Crippen molar-refractivity contribution < 1.29 is 23.0 Å². The zero-order valence-electron chi connectivity index (χ0n) is 18.1. The van der Waals surface area contributed by atoms with Crippen LogP contribution in [0.3, 0.4) is 0 Å². The molecule has 172 valence electrons. The topological polar surface area (TPSA) is 72.2 Å². The lowest BCUT2D eigenvalue weighted by Gasteiger charge is -2.38. The molecule has 0 aliphatic carbocycles. The standard InChI is InChI=1S/C23H23F2N5O3/c1-32-18-3-4-19(30-21(18)26-13-27-30)28-8-6-23(7-9-28)22(31)29-17(2-5-20(29)33-23)14-10-15(24)12-16(25)11-14/h3-4,10-13,17,20H,2,5-9H2,1H3/t17-,20+/m0/s1. The van der Waals surface area contributed by atoms with Gasteiger partial charge in [0.2, 0.25) is 0 Å². The van der Waals surface area contributed by atoms with E-state index in [1.807, 2.05) is 12.1 Å². The van der Waals surface area contributed by atoms with Gasteiger partial charge in [-0.05, 0) is 42.7 Å². The number of carbonyl (C=O) groups excluding carboxylic acids is 1. The van der Waals surface area contributed by atoms with E-state index in [-0.39, 0.29) is 18.2 Å². The molecule has 33 heavy (non-hydrogen) atoms. The molecule has 3 fully saturated rings. The Kier molecular flexibility index (Phi) is 4.55. The number of aromatic nitrogens is 3. The minimum atomic E-state index is -0.903. The van der Waals surface area contributed by atoms with E-state index in [2.05, 4.69) is 15.0 Å². The Labute approximate surface area is 188 Å². The molecular formula is C23H23F2N5O3. The average molecular weight is 455 g/mol. The lowest BCUT2D eigenvalue weighted by Crippen LogP contribution is -2.50. The lowest BCUT2D eigenvalue weighted by atomic mass is 9.89. The van der Waals surface area contributed by atoms with E-state index in [4.69, 9.17) is 9.47 Å². The predicted octanol–water partition coefficient (Wildman–Crippen LogP) is 3.08. The Morgan fingerprint density at radius 3 is 2.61 bits per heavy atom. The SMILES string of the molecule is COc1ccc(N2CCC3(CC2)O[C@@H]2CC[C@@H](c4cc(F)cc(F)c4)N2C3=O)n2ncnc12. The molecule has 8 nitrogen and oxygen atoms in total. The molecule has 1 aromatic carbocycles. The molecule has 10 heteroatoms. The van der Waals surface area contributed by atoms with Crippen LogP contribution in [-0.2, 0) is 9.53 Å². The number of nitrogens with zero attached hydrogens (tertiary/aromatic N) is 5. The molecular weight excluding hydrogens is 432 g/mol. The summed E-state index contributed by atoms with van der Waals surface area (Å²) in [7, 11) is 1.59. The number of hydrogen-bond donors (Lipinski definition) is 0. The zero-order chi connectivity index (χ0) is 22.7. The fraction of sp³-hybridized carbons (Fsp3) is 0.435. The molecule has 3 aliphatic rings. The van der Waals surface area contributed by atoms with Crippen molar-refractivity contribution >= 4 is 17.4 Å². The van der Waals surface area contributed by atoms with E-state index in [1.165, 1.54) is 18.5 Å². The van der Waals surface area contributed by atoms with E-state index in [0.717, 1.165) is 11.9 Å². The van der Waals surface area contributed by atoms with Crippen LogP contribution in [-0.4, -0.2) is 57.4 Å². The number of hydrogen-bond acceptors (Lipinski definition) is 6. The highest BCUT2D eigenvalue weighted by molar-refractivity contribution is 5.88. The first-order valence-corrected chi connectivity index (χ1v) is 11.1. The average Bonchev–Trinajstić information content (AvgIpc) is 3.50. The van der Waals surface area contributed by atoms with E-state index in [0.29, 0.717) is 55.7 Å². The van der Waals surface area contributed by atoms with Crippen molar-refractivity contribution in [1.82, 2.24) is 19.5 Å². The number of benzene rings is 1. The summed E-state index contributed by atoms with van der Waals surface area (Å²) < 4.78 is 41.1. The predicted molar refractivity (Wildman–Crippen MR) is 114 cm³/mol. The molecule has 3 saturated heterocycles. The molecule has 2 aromatic heterocycles. The summed E-state index contributed by atoms with van der Waals surface area (Å²) in [6.07, 6.45) is 3.44. The molecule has 6 rings (SSSR count). The van der Waals surface area contributed by atoms with Crippen LogP contribution in [0.4, 0.5) is 14.6 Å². The van der Waals surface area contributed by atoms with Crippen LogP contribution in [0.1, 0.15) is 37.3 Å². The van der Waals surface area contributed by atoms with E-state index in [9.17, 15) is 13.6 Å². The van der Waals surface area contributed by atoms with Crippen LogP contribution in [0.2, 0.25) is 0 Å². The second-order valence-electron chi connectivity index (χ2n) is 8.82. The molecule has 0 bridgehead atoms. The maximum Gasteiger partial charge on any atom is 0.257 e. The van der Waals surface area contributed by atoms with Gasteiger partial charge < -0.3 is 19.3 Å². The van der Waals surface area contributed by atoms with Crippen molar-refractivity contribution in [2.75, 3.05) is 25.1 Å². The maximum atomic E-state index is 13.8. The van der Waals surface area contributed by atoms with Gasteiger partial charge in [-0.15, -0.1) is 0 Å². The molecule has 5 heterocycles. The molecule has 1 amide bonds. The van der Waals surface area contributed by atoms with Crippen LogP contribution < -0.4 is 9.64 Å². The van der Waals surface area contributed by atoms with Crippen molar-refractivity contribution in [3.63, 3.8) is 0 Å². The summed E-state index contributed by atoms with van der Waals surface area (Å²) in [5, 5.41) is 4.33. The van der Waals surface area contributed by atoms with Crippen molar-refractivity contribution in [3.8, 4) is 5.75 Å². The van der Waals surface area contributed by atoms with Crippen LogP contribution in [0.5, 0.6) is 5.75 Å². The smallest absolute Gasteiger partial charge is 0.257 e. The zero-order valence-corrected chi connectivity index (χ0v) is 18.1. The van der Waals surface area contributed by atoms with Crippen molar-refractivity contribution in [2.24, 2.45) is 0 Å². The number of anilines is 1. The number of halogens is 2. The Bertz CT molecular complexity index is 1220. The first-order chi connectivity index (χ1) is 16.0. The first kappa shape index (κ1) is 20.3. The largest absolute Gasteiger partial charge is 0.493 e. The Morgan fingerprint density at radius 2 is 1.88 bits per heavy atom. The minimum Gasteiger partial charge on any atom is -0.493 e. The first-order valence-electron chi connectivity index (χ1n) is 11.1. The van der Waals surface area contributed by atoms with Crippen molar-refractivity contribution in [1.29, 1.82) is 0 Å². The monoisotopic (exact) mass is 455 g/mol. The van der Waals surface area contributed by atoms with Gasteiger partial charge in [-0.1, -0.05) is 0 Å². The highest BCUT2D eigenvalue weighted by Crippen LogP contribution is 2.48. The number of rotatable bonds is 3. The number of ether oxygens (including phenoxy) is 2. The van der Waals surface area contributed by atoms with Gasteiger partial charge in [0.25, 0.3) is 5.91 Å². The molecule has 0 saturated carbocycles. The van der Waals surface area contributed by atoms with Crippen molar-refractivity contribution in [2.45, 2.75) is 43.6 Å². The maximum absolute atomic E-state index is 13.8. The van der Waals surface area contributed by atoms with Gasteiger partial charge in [-0.3, -0.25) is 4.79 Å². The fourth-order valence-electron chi connectivity index (χ4n) is 5.51. The third-order valence-corrected chi connectivity index (χ3v) is 7.07. The number of piperidine rings is 1. The summed E-state index contributed by atoms with van der Waals surface area (Å²) in [6.45, 7) is 1.21. The summed E-state index contributed by atoms with van der Waals surface area (Å²) in [6, 6.07) is 6.89. The van der Waals surface area contributed by atoms with Crippen LogP contribution in [0.15, 0.2) is 36.7 Å². The van der Waals surface area contributed by atoms with E-state index in [1.54, 1.807) is 16.5 Å². The molecule has 0 N–H and O–H groups in total. The number of methoxy groups -OCH3 is 1. The van der Waals surface area contributed by atoms with Crippen LogP contribution in [0.25, 0.3) is 5.65 Å². The Balaban J connectivity index is 1.23. The minimum absolute atomic E-state index is 0.0834. The summed E-state index contributed by atoms with van der Waals surface area (Å²) in [4.78, 5) is 21.7. The number of pyridine rings is 1. The Morgan fingerprint density at radius 1 is 1.12 bits per heavy atom. The quantitative estimate of drug-likeness (QED) is 0.605. The third-order valence-electron chi connectivity index (χ3n) is 7.07. The van der Waals surface area contributed by atoms with E-state index >= 15 is 0 Å². The molecule has 2 atom stereocenters. The van der Waals surface area contributed by atoms with Gasteiger partial charge in [0.15, 0.2) is 17.0 Å². The van der Waals surface area contributed by atoms with Crippen LogP contribution >= 0.6 is 0 Å². The summed E-state index contributed by atoms with van der Waals surface area (Å²) >= 11 is 0. The molecule has 3 aliphatic heterocycles. The van der Waals surface area contributed by atoms with Gasteiger partial charge in [-0.25, -0.2) is 13.8 Å². The van der Waals surface area contributed by atoms with Crippen molar-refractivity contribution in [3.05, 3.63) is 53.9 Å². The lowest BCUT2D eigenvalue weighted by molar-refractivity contribution is -0.140. The normalized spacial score (nSPS) is 24.2. The van der Waals surface area contributed by atoms with E-state index < -0.39 is 17.2 Å². The third kappa shape index (κ3) is 3.07. The van der Waals surface area contributed by atoms with Gasteiger partial charge in [-0.2, -0.15) is 9.61 Å². The highest BCUT2D eigenvalue weighted by Gasteiger charge is 2.58. The molecule has 0 unspecified atom stereocenters. The van der Waals surface area contributed by atoms with Gasteiger partial charge in [0.05, 0.1) is 13.2 Å². The molecule has 0 radical (unpaired) electrons. The molecule has 1 spiro atoms. The highest BCUT2D eigenvalue weighted by atomic mass is 19.1. The van der Waals surface area contributed by atoms with Gasteiger partial charge in [0.1, 0.15) is 30.0 Å². The van der Waals surface area contributed by atoms with Crippen LogP contribution in [0, 0.1) is 11.6 Å². The fourth-order valence-corrected chi connectivity index (χ4v) is 5.51. The summed E-state index contributed by atoms with van der Waals surface area (Å²) in [5.74, 6) is 0.155. The second kappa shape index (κ2) is 7.38. The number of carbonyl (C=O) groups is 1. The number of amides is 1. The molecule has 3 aromatic rings. The number of fused-ring (bicyclic) bond motifs is 2. The van der Waals surface area contributed by atoms with Gasteiger partial charge >= 0.3 is 0 Å². The second-order valence-corrected chi connectivity index (χ2v) is 8.82. The Hall–Kier alpha value is -3.27. The summed E-state index contributed by atoms with van der Waals surface area (Å²) in [5.41, 5.74) is 0.210.